The summed E-state index contributed by atoms with van der Waals surface area (Å²) in [5.41, 5.74) is 1.72. The van der Waals surface area contributed by atoms with Gasteiger partial charge in [0.15, 0.2) is 0 Å². The van der Waals surface area contributed by atoms with Gasteiger partial charge >= 0.3 is 5.97 Å². The molecule has 1 aliphatic carbocycles. The highest BCUT2D eigenvalue weighted by atomic mass is 19.1. The van der Waals surface area contributed by atoms with E-state index >= 15 is 0 Å². The van der Waals surface area contributed by atoms with E-state index in [1.54, 1.807) is 6.07 Å². The minimum absolute atomic E-state index is 0.254. The molecule has 16 heavy (non-hydrogen) atoms. The number of rotatable bonds is 3. The molecule has 2 rings (SSSR count). The smallest absolute Gasteiger partial charge is 0.313 e. The molecule has 1 aromatic carbocycles. The van der Waals surface area contributed by atoms with Gasteiger partial charge < -0.3 is 4.74 Å². The molecule has 1 atom stereocenters. The summed E-state index contributed by atoms with van der Waals surface area (Å²) >= 11 is 0. The number of ether oxygens (including phenoxy) is 1. The summed E-state index contributed by atoms with van der Waals surface area (Å²) in [5, 5.41) is 0. The van der Waals surface area contributed by atoms with Crippen LogP contribution in [0.1, 0.15) is 29.9 Å². The van der Waals surface area contributed by atoms with Crippen molar-refractivity contribution in [2.75, 3.05) is 7.11 Å². The molecule has 0 spiro atoms. The number of hydrogen-bond donors (Lipinski definition) is 0. The summed E-state index contributed by atoms with van der Waals surface area (Å²) in [7, 11) is 1.38. The Kier molecular flexibility index (Phi) is 2.95. The molecule has 3 heteroatoms. The molecule has 0 heterocycles. The van der Waals surface area contributed by atoms with Crippen molar-refractivity contribution in [3.8, 4) is 0 Å². The lowest BCUT2D eigenvalue weighted by molar-refractivity contribution is -0.143. The van der Waals surface area contributed by atoms with Crippen molar-refractivity contribution in [2.45, 2.75) is 25.7 Å². The Labute approximate surface area is 94.4 Å². The van der Waals surface area contributed by atoms with Gasteiger partial charge in [-0.1, -0.05) is 6.07 Å². The zero-order valence-electron chi connectivity index (χ0n) is 9.50. The Morgan fingerprint density at radius 1 is 1.50 bits per heavy atom. The first-order valence-corrected chi connectivity index (χ1v) is 5.47. The van der Waals surface area contributed by atoms with Crippen LogP contribution in [0.2, 0.25) is 0 Å². The maximum Gasteiger partial charge on any atom is 0.313 e. The lowest BCUT2D eigenvalue weighted by atomic mass is 9.90. The lowest BCUT2D eigenvalue weighted by Gasteiger charge is -2.16. The third-order valence-corrected chi connectivity index (χ3v) is 3.12. The standard InChI is InChI=1S/C13H15FO2/c1-8-3-6-10(14)7-11(8)12(9-4-5-9)13(15)16-2/h3,6-7,9,12H,4-5H2,1-2H3. The van der Waals surface area contributed by atoms with Crippen LogP contribution in [0.15, 0.2) is 18.2 Å². The monoisotopic (exact) mass is 222 g/mol. The van der Waals surface area contributed by atoms with Gasteiger partial charge in [0.2, 0.25) is 0 Å². The molecule has 1 aromatic rings. The van der Waals surface area contributed by atoms with Crippen LogP contribution >= 0.6 is 0 Å². The van der Waals surface area contributed by atoms with Gasteiger partial charge in [0.05, 0.1) is 13.0 Å². The highest BCUT2D eigenvalue weighted by molar-refractivity contribution is 5.79. The topological polar surface area (TPSA) is 26.3 Å². The summed E-state index contributed by atoms with van der Waals surface area (Å²) < 4.78 is 18.0. The van der Waals surface area contributed by atoms with E-state index in [1.807, 2.05) is 6.92 Å². The van der Waals surface area contributed by atoms with Crippen LogP contribution < -0.4 is 0 Å². The van der Waals surface area contributed by atoms with Gasteiger partial charge in [0, 0.05) is 0 Å². The van der Waals surface area contributed by atoms with Crippen molar-refractivity contribution < 1.29 is 13.9 Å². The van der Waals surface area contributed by atoms with Crippen LogP contribution in [0.25, 0.3) is 0 Å². The summed E-state index contributed by atoms with van der Waals surface area (Å²) in [6.07, 6.45) is 2.05. The Hall–Kier alpha value is -1.38. The predicted molar refractivity (Wildman–Crippen MR) is 58.6 cm³/mol. The number of benzene rings is 1. The highest BCUT2D eigenvalue weighted by Crippen LogP contribution is 2.44. The Morgan fingerprint density at radius 2 is 2.19 bits per heavy atom. The first-order chi connectivity index (χ1) is 7.63. The Balaban J connectivity index is 2.37. The van der Waals surface area contributed by atoms with Crippen molar-refractivity contribution in [1.82, 2.24) is 0 Å². The quantitative estimate of drug-likeness (QED) is 0.735. The minimum atomic E-state index is -0.296. The number of carbonyl (C=O) groups excluding carboxylic acids is 1. The fourth-order valence-corrected chi connectivity index (χ4v) is 2.08. The van der Waals surface area contributed by atoms with Crippen molar-refractivity contribution in [3.63, 3.8) is 0 Å². The number of carbonyl (C=O) groups is 1. The molecule has 0 aromatic heterocycles. The van der Waals surface area contributed by atoms with Crippen LogP contribution in [0.4, 0.5) is 4.39 Å². The fraction of sp³-hybridized carbons (Fsp3) is 0.462. The van der Waals surface area contributed by atoms with E-state index in [9.17, 15) is 9.18 Å². The van der Waals surface area contributed by atoms with E-state index in [0.717, 1.165) is 24.0 Å². The summed E-state index contributed by atoms with van der Waals surface area (Å²) in [6.45, 7) is 1.90. The highest BCUT2D eigenvalue weighted by Gasteiger charge is 2.38. The number of halogens is 1. The minimum Gasteiger partial charge on any atom is -0.469 e. The molecule has 0 amide bonds. The van der Waals surface area contributed by atoms with E-state index < -0.39 is 0 Å². The fourth-order valence-electron chi connectivity index (χ4n) is 2.08. The predicted octanol–water partition coefficient (Wildman–Crippen LogP) is 2.80. The number of aryl methyl sites for hydroxylation is 1. The van der Waals surface area contributed by atoms with Gasteiger partial charge in [-0.25, -0.2) is 4.39 Å². The van der Waals surface area contributed by atoms with Gasteiger partial charge in [-0.2, -0.15) is 0 Å². The second kappa shape index (κ2) is 4.24. The van der Waals surface area contributed by atoms with Crippen LogP contribution in [0, 0.1) is 18.7 Å². The van der Waals surface area contributed by atoms with Gasteiger partial charge in [0.25, 0.3) is 0 Å². The van der Waals surface area contributed by atoms with Crippen LogP contribution in [-0.4, -0.2) is 13.1 Å². The molecule has 1 fully saturated rings. The molecule has 2 nitrogen and oxygen atoms in total. The van der Waals surface area contributed by atoms with E-state index in [0.29, 0.717) is 5.92 Å². The molecule has 0 saturated heterocycles. The van der Waals surface area contributed by atoms with Crippen LogP contribution in [0.5, 0.6) is 0 Å². The molecule has 1 saturated carbocycles. The van der Waals surface area contributed by atoms with Gasteiger partial charge in [0.1, 0.15) is 5.82 Å². The van der Waals surface area contributed by atoms with Crippen molar-refractivity contribution in [2.24, 2.45) is 5.92 Å². The summed E-state index contributed by atoms with van der Waals surface area (Å²) in [5.74, 6) is -0.514. The van der Waals surface area contributed by atoms with E-state index in [1.165, 1.54) is 19.2 Å². The van der Waals surface area contributed by atoms with E-state index in [4.69, 9.17) is 4.74 Å². The van der Waals surface area contributed by atoms with Crippen LogP contribution in [0.3, 0.4) is 0 Å². The number of hydrogen-bond acceptors (Lipinski definition) is 2. The third kappa shape index (κ3) is 2.08. The maximum atomic E-state index is 13.2. The molecule has 1 aliphatic rings. The lowest BCUT2D eigenvalue weighted by Crippen LogP contribution is -2.17. The molecule has 0 bridgehead atoms. The van der Waals surface area contributed by atoms with Crippen molar-refractivity contribution >= 4 is 5.97 Å². The molecular weight excluding hydrogens is 207 g/mol. The maximum absolute atomic E-state index is 13.2. The van der Waals surface area contributed by atoms with Crippen LogP contribution in [-0.2, 0) is 9.53 Å². The van der Waals surface area contributed by atoms with Crippen molar-refractivity contribution in [1.29, 1.82) is 0 Å². The summed E-state index contributed by atoms with van der Waals surface area (Å²) in [6, 6.07) is 4.58. The molecule has 1 unspecified atom stereocenters. The van der Waals surface area contributed by atoms with E-state index in [2.05, 4.69) is 0 Å². The normalized spacial score (nSPS) is 16.9. The second-order valence-corrected chi connectivity index (χ2v) is 4.34. The number of methoxy groups -OCH3 is 1. The summed E-state index contributed by atoms with van der Waals surface area (Å²) in [4.78, 5) is 11.7. The molecule has 0 N–H and O–H groups in total. The van der Waals surface area contributed by atoms with E-state index in [-0.39, 0.29) is 17.7 Å². The van der Waals surface area contributed by atoms with Gasteiger partial charge in [-0.3, -0.25) is 4.79 Å². The first kappa shape index (κ1) is 11.1. The second-order valence-electron chi connectivity index (χ2n) is 4.34. The molecule has 0 radical (unpaired) electrons. The zero-order chi connectivity index (χ0) is 11.7. The largest absolute Gasteiger partial charge is 0.469 e. The molecular formula is C13H15FO2. The van der Waals surface area contributed by atoms with Gasteiger partial charge in [-0.05, 0) is 48.9 Å². The molecule has 86 valence electrons. The Bertz CT molecular complexity index is 410. The third-order valence-electron chi connectivity index (χ3n) is 3.12. The van der Waals surface area contributed by atoms with Crippen molar-refractivity contribution in [3.05, 3.63) is 35.1 Å². The average molecular weight is 222 g/mol. The zero-order valence-corrected chi connectivity index (χ0v) is 9.50. The number of esters is 1. The SMILES string of the molecule is COC(=O)C(c1cc(F)ccc1C)C1CC1. The van der Waals surface area contributed by atoms with Gasteiger partial charge in [-0.15, -0.1) is 0 Å². The average Bonchev–Trinajstić information content (AvgIpc) is 3.07. The Morgan fingerprint density at radius 3 is 2.75 bits per heavy atom. The first-order valence-electron chi connectivity index (χ1n) is 5.47. The molecule has 0 aliphatic heterocycles.